The highest BCUT2D eigenvalue weighted by atomic mass is 35.5. The van der Waals surface area contributed by atoms with Gasteiger partial charge < -0.3 is 11.1 Å². The summed E-state index contributed by atoms with van der Waals surface area (Å²) in [5.74, 6) is 0.700. The molecule has 124 valence electrons. The monoisotopic (exact) mass is 332 g/mol. The summed E-state index contributed by atoms with van der Waals surface area (Å²) in [6.45, 7) is 0.425. The Balaban J connectivity index is 0.00000192. The molecule has 0 aliphatic heterocycles. The Morgan fingerprint density at radius 2 is 1.83 bits per heavy atom. The molecule has 1 unspecified atom stereocenters. The van der Waals surface area contributed by atoms with E-state index in [1.165, 1.54) is 36.5 Å². The lowest BCUT2D eigenvalue weighted by Crippen LogP contribution is -2.34. The van der Waals surface area contributed by atoms with E-state index in [0.717, 1.165) is 5.56 Å². The second-order valence-corrected chi connectivity index (χ2v) is 6.32. The van der Waals surface area contributed by atoms with Gasteiger partial charge in [0.05, 0.1) is 6.04 Å². The van der Waals surface area contributed by atoms with Crippen molar-refractivity contribution < 1.29 is 4.79 Å². The van der Waals surface area contributed by atoms with Gasteiger partial charge in [-0.05, 0) is 41.2 Å². The molecule has 1 aliphatic rings. The van der Waals surface area contributed by atoms with Gasteiger partial charge in [-0.3, -0.25) is 4.79 Å². The van der Waals surface area contributed by atoms with Crippen molar-refractivity contribution in [3.05, 3.63) is 48.0 Å². The van der Waals surface area contributed by atoms with E-state index < -0.39 is 0 Å². The summed E-state index contributed by atoms with van der Waals surface area (Å²) < 4.78 is 0. The van der Waals surface area contributed by atoms with Gasteiger partial charge in [0.1, 0.15) is 0 Å². The Morgan fingerprint density at radius 3 is 2.52 bits per heavy atom. The third kappa shape index (κ3) is 4.46. The molecule has 1 atom stereocenters. The maximum absolute atomic E-state index is 12.2. The number of carbonyl (C=O) groups is 1. The molecule has 3 nitrogen and oxygen atoms in total. The minimum absolute atomic E-state index is 0. The van der Waals surface area contributed by atoms with Crippen molar-refractivity contribution in [2.24, 2.45) is 11.7 Å². The summed E-state index contributed by atoms with van der Waals surface area (Å²) in [6.07, 6.45) is 5.56. The molecule has 0 bridgehead atoms. The first-order valence-electron chi connectivity index (χ1n) is 8.24. The predicted octanol–water partition coefficient (Wildman–Crippen LogP) is 3.96. The van der Waals surface area contributed by atoms with Gasteiger partial charge in [-0.2, -0.15) is 0 Å². The van der Waals surface area contributed by atoms with Gasteiger partial charge in [0.15, 0.2) is 0 Å². The highest BCUT2D eigenvalue weighted by Gasteiger charge is 2.20. The molecule has 0 aromatic heterocycles. The molecular formula is C19H25ClN2O. The van der Waals surface area contributed by atoms with Gasteiger partial charge in [-0.15, -0.1) is 12.4 Å². The molecule has 2 aromatic rings. The molecule has 0 saturated heterocycles. The molecule has 3 N–H and O–H groups in total. The SMILES string of the molecule is Cl.NCC(NC(=O)CC1CCCC1)c1ccc2ccccc2c1. The molecular weight excluding hydrogens is 308 g/mol. The summed E-state index contributed by atoms with van der Waals surface area (Å²) in [5.41, 5.74) is 6.97. The van der Waals surface area contributed by atoms with E-state index in [1.54, 1.807) is 0 Å². The average molecular weight is 333 g/mol. The lowest BCUT2D eigenvalue weighted by Gasteiger charge is -2.19. The molecule has 1 saturated carbocycles. The molecule has 1 aliphatic carbocycles. The second kappa shape index (κ2) is 8.32. The van der Waals surface area contributed by atoms with Crippen molar-refractivity contribution in [3.8, 4) is 0 Å². The Kier molecular flexibility index (Phi) is 6.43. The first-order chi connectivity index (χ1) is 10.8. The zero-order chi connectivity index (χ0) is 15.4. The lowest BCUT2D eigenvalue weighted by atomic mass is 10.0. The minimum atomic E-state index is -0.0986. The number of amides is 1. The third-order valence-electron chi connectivity index (χ3n) is 4.70. The minimum Gasteiger partial charge on any atom is -0.348 e. The standard InChI is InChI=1S/C19H24N2O.ClH/c20-13-18(21-19(22)11-14-5-1-2-6-14)17-10-9-15-7-3-4-8-16(15)12-17;/h3-4,7-10,12,14,18H,1-2,5-6,11,13,20H2,(H,21,22);1H. The van der Waals surface area contributed by atoms with Gasteiger partial charge in [-0.25, -0.2) is 0 Å². The number of halogens is 1. The topological polar surface area (TPSA) is 55.1 Å². The fraction of sp³-hybridized carbons (Fsp3) is 0.421. The molecule has 0 radical (unpaired) electrons. The summed E-state index contributed by atoms with van der Waals surface area (Å²) in [7, 11) is 0. The summed E-state index contributed by atoms with van der Waals surface area (Å²) in [6, 6.07) is 14.4. The maximum Gasteiger partial charge on any atom is 0.220 e. The molecule has 0 heterocycles. The van der Waals surface area contributed by atoms with Gasteiger partial charge in [0.25, 0.3) is 0 Å². The first-order valence-corrected chi connectivity index (χ1v) is 8.24. The van der Waals surface area contributed by atoms with Crippen LogP contribution < -0.4 is 11.1 Å². The Hall–Kier alpha value is -1.58. The Labute approximate surface area is 144 Å². The van der Waals surface area contributed by atoms with Gasteiger partial charge in [-0.1, -0.05) is 49.2 Å². The van der Waals surface area contributed by atoms with E-state index in [4.69, 9.17) is 5.73 Å². The third-order valence-corrected chi connectivity index (χ3v) is 4.70. The summed E-state index contributed by atoms with van der Waals surface area (Å²) in [4.78, 5) is 12.2. The quantitative estimate of drug-likeness (QED) is 0.870. The van der Waals surface area contributed by atoms with Crippen LogP contribution in [0.3, 0.4) is 0 Å². The number of rotatable bonds is 5. The highest BCUT2D eigenvalue weighted by Crippen LogP contribution is 2.28. The highest BCUT2D eigenvalue weighted by molar-refractivity contribution is 5.85. The molecule has 2 aromatic carbocycles. The smallest absolute Gasteiger partial charge is 0.220 e. The molecule has 1 fully saturated rings. The van der Waals surface area contributed by atoms with E-state index in [-0.39, 0.29) is 24.4 Å². The number of hydrogen-bond acceptors (Lipinski definition) is 2. The number of carbonyl (C=O) groups excluding carboxylic acids is 1. The molecule has 3 rings (SSSR count). The van der Waals surface area contributed by atoms with Crippen LogP contribution in [-0.4, -0.2) is 12.5 Å². The van der Waals surface area contributed by atoms with Crippen LogP contribution in [-0.2, 0) is 4.79 Å². The molecule has 23 heavy (non-hydrogen) atoms. The van der Waals surface area contributed by atoms with Crippen LogP contribution in [0.4, 0.5) is 0 Å². The van der Waals surface area contributed by atoms with Crippen LogP contribution >= 0.6 is 12.4 Å². The zero-order valence-electron chi connectivity index (χ0n) is 13.3. The van der Waals surface area contributed by atoms with Crippen LogP contribution in [0.5, 0.6) is 0 Å². The van der Waals surface area contributed by atoms with Crippen LogP contribution in [0, 0.1) is 5.92 Å². The number of nitrogens with one attached hydrogen (secondary N) is 1. The maximum atomic E-state index is 12.2. The predicted molar refractivity (Wildman–Crippen MR) is 97.7 cm³/mol. The van der Waals surface area contributed by atoms with Crippen molar-refractivity contribution in [1.82, 2.24) is 5.32 Å². The van der Waals surface area contributed by atoms with Crippen molar-refractivity contribution >= 4 is 29.1 Å². The zero-order valence-corrected chi connectivity index (χ0v) is 14.1. The van der Waals surface area contributed by atoms with Gasteiger partial charge in [0, 0.05) is 13.0 Å². The van der Waals surface area contributed by atoms with Gasteiger partial charge >= 0.3 is 0 Å². The number of nitrogens with two attached hydrogens (primary N) is 1. The van der Waals surface area contributed by atoms with Crippen LogP contribution in [0.1, 0.15) is 43.7 Å². The van der Waals surface area contributed by atoms with E-state index in [0.29, 0.717) is 18.9 Å². The Morgan fingerprint density at radius 1 is 1.13 bits per heavy atom. The van der Waals surface area contributed by atoms with E-state index in [2.05, 4.69) is 35.6 Å². The van der Waals surface area contributed by atoms with Crippen LogP contribution in [0.2, 0.25) is 0 Å². The van der Waals surface area contributed by atoms with Crippen molar-refractivity contribution in [2.45, 2.75) is 38.1 Å². The van der Waals surface area contributed by atoms with Crippen molar-refractivity contribution in [1.29, 1.82) is 0 Å². The summed E-state index contributed by atoms with van der Waals surface area (Å²) >= 11 is 0. The number of fused-ring (bicyclic) bond motifs is 1. The van der Waals surface area contributed by atoms with Crippen LogP contribution in [0.15, 0.2) is 42.5 Å². The van der Waals surface area contributed by atoms with Gasteiger partial charge in [0.2, 0.25) is 5.91 Å². The molecule has 0 spiro atoms. The lowest BCUT2D eigenvalue weighted by molar-refractivity contribution is -0.122. The van der Waals surface area contributed by atoms with E-state index >= 15 is 0 Å². The average Bonchev–Trinajstić information content (AvgIpc) is 3.05. The fourth-order valence-corrected chi connectivity index (χ4v) is 3.43. The van der Waals surface area contributed by atoms with Crippen molar-refractivity contribution in [3.63, 3.8) is 0 Å². The number of hydrogen-bond donors (Lipinski definition) is 2. The molecule has 1 amide bonds. The second-order valence-electron chi connectivity index (χ2n) is 6.32. The number of benzene rings is 2. The first kappa shape index (κ1) is 17.8. The molecule has 4 heteroatoms. The van der Waals surface area contributed by atoms with Crippen molar-refractivity contribution in [2.75, 3.05) is 6.54 Å². The largest absolute Gasteiger partial charge is 0.348 e. The van der Waals surface area contributed by atoms with E-state index in [9.17, 15) is 4.79 Å². The summed E-state index contributed by atoms with van der Waals surface area (Å²) in [5, 5.41) is 5.50. The van der Waals surface area contributed by atoms with Crippen LogP contribution in [0.25, 0.3) is 10.8 Å². The normalized spacial score (nSPS) is 16.0. The van der Waals surface area contributed by atoms with E-state index in [1.807, 2.05) is 12.1 Å². The fourth-order valence-electron chi connectivity index (χ4n) is 3.43. The Bertz CT molecular complexity index is 653.